The monoisotopic (exact) mass is 255 g/mol. The van der Waals surface area contributed by atoms with Crippen LogP contribution in [0.5, 0.6) is 0 Å². The molecule has 1 aliphatic carbocycles. The molecule has 0 atom stereocenters. The molecule has 3 rings (SSSR count). The van der Waals surface area contributed by atoms with E-state index in [1.165, 1.54) is 0 Å². The van der Waals surface area contributed by atoms with Crippen LogP contribution in [-0.4, -0.2) is 0 Å². The average Bonchev–Trinajstić information content (AvgIpc) is 2.68. The molecule has 96 valence electrons. The van der Waals surface area contributed by atoms with Crippen molar-refractivity contribution in [2.24, 2.45) is 5.73 Å². The van der Waals surface area contributed by atoms with Crippen molar-refractivity contribution >= 4 is 11.0 Å². The molecule has 1 fully saturated rings. The Morgan fingerprint density at radius 2 is 1.89 bits per heavy atom. The molecule has 2 N–H and O–H groups in total. The van der Waals surface area contributed by atoms with E-state index in [4.69, 9.17) is 10.2 Å². The topological polar surface area (TPSA) is 39.2 Å². The minimum Gasteiger partial charge on any atom is -0.452 e. The molecule has 0 amide bonds. The molecule has 2 aromatic rings. The summed E-state index contributed by atoms with van der Waals surface area (Å²) in [5.41, 5.74) is 6.91. The van der Waals surface area contributed by atoms with Crippen molar-refractivity contribution in [1.29, 1.82) is 0 Å². The van der Waals surface area contributed by atoms with Gasteiger partial charge in [0.05, 0.1) is 0 Å². The molecular formula is C13H12F3NO. The number of rotatable bonds is 1. The predicted octanol–water partition coefficient (Wildman–Crippen LogP) is 3.79. The Kier molecular flexibility index (Phi) is 2.26. The molecule has 5 heteroatoms. The normalized spacial score (nSPS) is 18.9. The molecule has 0 spiro atoms. The van der Waals surface area contributed by atoms with Gasteiger partial charge in [-0.3, -0.25) is 0 Å². The Labute approximate surface area is 102 Å². The highest BCUT2D eigenvalue weighted by molar-refractivity contribution is 5.79. The van der Waals surface area contributed by atoms with Gasteiger partial charge in [0.2, 0.25) is 5.76 Å². The van der Waals surface area contributed by atoms with Crippen molar-refractivity contribution < 1.29 is 17.6 Å². The smallest absolute Gasteiger partial charge is 0.449 e. The van der Waals surface area contributed by atoms with Crippen LogP contribution in [-0.2, 0) is 11.7 Å². The molecule has 0 saturated heterocycles. The number of hydrogen-bond acceptors (Lipinski definition) is 2. The summed E-state index contributed by atoms with van der Waals surface area (Å²) in [6.45, 7) is 0. The summed E-state index contributed by atoms with van der Waals surface area (Å²) in [7, 11) is 0. The molecule has 1 heterocycles. The summed E-state index contributed by atoms with van der Waals surface area (Å²) in [5.74, 6) is -0.964. The summed E-state index contributed by atoms with van der Waals surface area (Å²) in [6, 6.07) is 6.05. The Morgan fingerprint density at radius 3 is 2.44 bits per heavy atom. The average molecular weight is 255 g/mol. The van der Waals surface area contributed by atoms with Gasteiger partial charge in [0.1, 0.15) is 5.58 Å². The first-order valence-corrected chi connectivity index (χ1v) is 5.79. The molecule has 2 nitrogen and oxygen atoms in total. The summed E-state index contributed by atoms with van der Waals surface area (Å²) < 4.78 is 42.3. The van der Waals surface area contributed by atoms with Gasteiger partial charge in [-0.1, -0.05) is 6.07 Å². The van der Waals surface area contributed by atoms with Crippen molar-refractivity contribution in [2.75, 3.05) is 0 Å². The highest BCUT2D eigenvalue weighted by Gasteiger charge is 2.37. The van der Waals surface area contributed by atoms with Crippen LogP contribution in [0.25, 0.3) is 11.0 Å². The molecule has 0 aliphatic heterocycles. The number of halogens is 3. The van der Waals surface area contributed by atoms with Crippen LogP contribution in [0.3, 0.4) is 0 Å². The standard InChI is InChI=1S/C13H12F3NO/c14-13(15,16)11-7-8-6-9(2-3-10(8)18-11)12(17)4-1-5-12/h2-3,6-7H,1,4-5,17H2. The third kappa shape index (κ3) is 1.70. The second-order valence-corrected chi connectivity index (χ2v) is 4.87. The van der Waals surface area contributed by atoms with E-state index in [9.17, 15) is 13.2 Å². The number of alkyl halides is 3. The van der Waals surface area contributed by atoms with Crippen molar-refractivity contribution in [3.63, 3.8) is 0 Å². The Bertz CT molecular complexity index is 596. The minimum absolute atomic E-state index is 0.244. The van der Waals surface area contributed by atoms with E-state index in [0.717, 1.165) is 30.9 Å². The fraction of sp³-hybridized carbons (Fsp3) is 0.385. The zero-order chi connectivity index (χ0) is 13.0. The lowest BCUT2D eigenvalue weighted by Gasteiger charge is -2.38. The molecule has 0 unspecified atom stereocenters. The number of nitrogens with two attached hydrogens (primary N) is 1. The molecule has 1 saturated carbocycles. The van der Waals surface area contributed by atoms with Crippen molar-refractivity contribution in [3.05, 3.63) is 35.6 Å². The molecular weight excluding hydrogens is 243 g/mol. The lowest BCUT2D eigenvalue weighted by atomic mass is 9.72. The zero-order valence-electron chi connectivity index (χ0n) is 9.55. The highest BCUT2D eigenvalue weighted by atomic mass is 19.4. The Balaban J connectivity index is 2.07. The summed E-state index contributed by atoms with van der Waals surface area (Å²) >= 11 is 0. The molecule has 18 heavy (non-hydrogen) atoms. The maximum absolute atomic E-state index is 12.5. The molecule has 1 aliphatic rings. The fourth-order valence-corrected chi connectivity index (χ4v) is 2.34. The van der Waals surface area contributed by atoms with Gasteiger partial charge in [0.15, 0.2) is 0 Å². The summed E-state index contributed by atoms with van der Waals surface area (Å²) in [5, 5.41) is 0.455. The maximum Gasteiger partial charge on any atom is 0.449 e. The minimum atomic E-state index is -4.45. The van der Waals surface area contributed by atoms with E-state index in [2.05, 4.69) is 0 Å². The second kappa shape index (κ2) is 3.51. The first kappa shape index (κ1) is 11.6. The predicted molar refractivity (Wildman–Crippen MR) is 60.9 cm³/mol. The van der Waals surface area contributed by atoms with Crippen molar-refractivity contribution in [2.45, 2.75) is 31.0 Å². The number of benzene rings is 1. The van der Waals surface area contributed by atoms with E-state index >= 15 is 0 Å². The number of hydrogen-bond donors (Lipinski definition) is 1. The molecule has 0 bridgehead atoms. The van der Waals surface area contributed by atoms with Crippen LogP contribution >= 0.6 is 0 Å². The summed E-state index contributed by atoms with van der Waals surface area (Å²) in [4.78, 5) is 0. The van der Waals surface area contributed by atoms with Gasteiger partial charge in [-0.2, -0.15) is 13.2 Å². The molecule has 1 aromatic carbocycles. The zero-order valence-corrected chi connectivity index (χ0v) is 9.55. The van der Waals surface area contributed by atoms with Crippen LogP contribution in [0.2, 0.25) is 0 Å². The van der Waals surface area contributed by atoms with E-state index < -0.39 is 11.9 Å². The molecule has 1 aromatic heterocycles. The van der Waals surface area contributed by atoms with E-state index in [1.54, 1.807) is 18.2 Å². The van der Waals surface area contributed by atoms with Crippen LogP contribution in [0.4, 0.5) is 13.2 Å². The van der Waals surface area contributed by atoms with Crippen LogP contribution in [0.15, 0.2) is 28.7 Å². The van der Waals surface area contributed by atoms with Gasteiger partial charge >= 0.3 is 6.18 Å². The molecule has 0 radical (unpaired) electrons. The lowest BCUT2D eigenvalue weighted by molar-refractivity contribution is -0.152. The number of fused-ring (bicyclic) bond motifs is 1. The van der Waals surface area contributed by atoms with Gasteiger partial charge in [0, 0.05) is 10.9 Å². The number of furan rings is 1. The van der Waals surface area contributed by atoms with E-state index in [1.807, 2.05) is 0 Å². The van der Waals surface area contributed by atoms with E-state index in [0.29, 0.717) is 5.39 Å². The Morgan fingerprint density at radius 1 is 1.17 bits per heavy atom. The second-order valence-electron chi connectivity index (χ2n) is 4.87. The quantitative estimate of drug-likeness (QED) is 0.842. The van der Waals surface area contributed by atoms with Gasteiger partial charge < -0.3 is 10.2 Å². The SMILES string of the molecule is NC1(c2ccc3oc(C(F)(F)F)cc3c2)CCC1. The third-order valence-electron chi connectivity index (χ3n) is 3.62. The lowest BCUT2D eigenvalue weighted by Crippen LogP contribution is -2.43. The van der Waals surface area contributed by atoms with Gasteiger partial charge in [-0.25, -0.2) is 0 Å². The van der Waals surface area contributed by atoms with Crippen LogP contribution in [0, 0.1) is 0 Å². The van der Waals surface area contributed by atoms with Crippen molar-refractivity contribution in [3.8, 4) is 0 Å². The largest absolute Gasteiger partial charge is 0.452 e. The van der Waals surface area contributed by atoms with Crippen LogP contribution < -0.4 is 5.73 Å². The van der Waals surface area contributed by atoms with Gasteiger partial charge in [0.25, 0.3) is 0 Å². The fourth-order valence-electron chi connectivity index (χ4n) is 2.34. The first-order chi connectivity index (χ1) is 8.38. The van der Waals surface area contributed by atoms with Gasteiger partial charge in [-0.05, 0) is 43.0 Å². The summed E-state index contributed by atoms with van der Waals surface area (Å²) in [6.07, 6.45) is -1.63. The van der Waals surface area contributed by atoms with Crippen molar-refractivity contribution in [1.82, 2.24) is 0 Å². The third-order valence-corrected chi connectivity index (χ3v) is 3.62. The maximum atomic E-state index is 12.5. The highest BCUT2D eigenvalue weighted by Crippen LogP contribution is 2.40. The van der Waals surface area contributed by atoms with Gasteiger partial charge in [-0.15, -0.1) is 0 Å². The van der Waals surface area contributed by atoms with Crippen LogP contribution in [0.1, 0.15) is 30.6 Å². The Hall–Kier alpha value is -1.49. The first-order valence-electron chi connectivity index (χ1n) is 5.79. The van der Waals surface area contributed by atoms with E-state index in [-0.39, 0.29) is 11.1 Å².